The van der Waals surface area contributed by atoms with Gasteiger partial charge in [0.1, 0.15) is 5.75 Å². The van der Waals surface area contributed by atoms with Crippen LogP contribution in [-0.4, -0.2) is 58.9 Å². The molecule has 0 saturated carbocycles. The maximum absolute atomic E-state index is 12.9. The number of ether oxygens (including phenoxy) is 4. The highest BCUT2D eigenvalue weighted by atomic mass is 16.5. The van der Waals surface area contributed by atoms with Crippen LogP contribution in [0.3, 0.4) is 0 Å². The van der Waals surface area contributed by atoms with Crippen molar-refractivity contribution in [3.8, 4) is 17.2 Å². The zero-order chi connectivity index (χ0) is 21.5. The predicted molar refractivity (Wildman–Crippen MR) is 116 cm³/mol. The lowest BCUT2D eigenvalue weighted by Gasteiger charge is -2.27. The minimum Gasteiger partial charge on any atom is -0.496 e. The molecule has 0 spiro atoms. The second-order valence-electron chi connectivity index (χ2n) is 7.22. The summed E-state index contributed by atoms with van der Waals surface area (Å²) in [6.07, 6.45) is 1.37. The average Bonchev–Trinajstić information content (AvgIpc) is 2.78. The molecule has 6 nitrogen and oxygen atoms in total. The van der Waals surface area contributed by atoms with Gasteiger partial charge in [-0.2, -0.15) is 0 Å². The van der Waals surface area contributed by atoms with Crippen molar-refractivity contribution < 1.29 is 23.7 Å². The van der Waals surface area contributed by atoms with Crippen molar-refractivity contribution in [3.05, 3.63) is 59.2 Å². The number of likely N-dealkylation sites (N-methyl/N-ethyl adjacent to an activating group) is 1. The van der Waals surface area contributed by atoms with E-state index in [4.69, 9.17) is 18.9 Å². The first-order valence-electron chi connectivity index (χ1n) is 9.99. The zero-order valence-electron chi connectivity index (χ0n) is 18.1. The van der Waals surface area contributed by atoms with Crippen LogP contribution in [0.1, 0.15) is 17.5 Å². The number of rotatable bonds is 8. The van der Waals surface area contributed by atoms with Crippen LogP contribution in [0.15, 0.2) is 48.0 Å². The number of esters is 1. The van der Waals surface area contributed by atoms with E-state index in [2.05, 4.69) is 4.90 Å². The van der Waals surface area contributed by atoms with Crippen LogP contribution >= 0.6 is 0 Å². The summed E-state index contributed by atoms with van der Waals surface area (Å²) in [6, 6.07) is 13.5. The van der Waals surface area contributed by atoms with Crippen LogP contribution < -0.4 is 14.2 Å². The number of benzene rings is 2. The molecule has 0 bridgehead atoms. The van der Waals surface area contributed by atoms with E-state index in [0.717, 1.165) is 35.4 Å². The fraction of sp³-hybridized carbons (Fsp3) is 0.375. The third-order valence-electron chi connectivity index (χ3n) is 5.29. The second-order valence-corrected chi connectivity index (χ2v) is 7.22. The van der Waals surface area contributed by atoms with Gasteiger partial charge in [0.25, 0.3) is 0 Å². The largest absolute Gasteiger partial charge is 0.496 e. The molecule has 0 N–H and O–H groups in total. The molecule has 1 aliphatic rings. The van der Waals surface area contributed by atoms with Gasteiger partial charge < -0.3 is 23.8 Å². The van der Waals surface area contributed by atoms with E-state index < -0.39 is 0 Å². The molecule has 2 aromatic rings. The minimum atomic E-state index is -0.275. The molecule has 2 aromatic carbocycles. The summed E-state index contributed by atoms with van der Waals surface area (Å²) in [5, 5.41) is 0. The predicted octanol–water partition coefficient (Wildman–Crippen LogP) is 3.59. The van der Waals surface area contributed by atoms with Crippen molar-refractivity contribution in [2.75, 3.05) is 48.1 Å². The molecule has 160 valence electrons. The first kappa shape index (κ1) is 21.7. The van der Waals surface area contributed by atoms with Gasteiger partial charge in [0.2, 0.25) is 0 Å². The Morgan fingerprint density at radius 1 is 0.967 bits per heavy atom. The molecular formula is C24H29NO5. The molecule has 0 radical (unpaired) electrons. The fourth-order valence-corrected chi connectivity index (χ4v) is 3.66. The summed E-state index contributed by atoms with van der Waals surface area (Å²) < 4.78 is 21.8. The number of carbonyl (C=O) groups excluding carboxylic acids is 1. The molecule has 6 heteroatoms. The summed E-state index contributed by atoms with van der Waals surface area (Å²) >= 11 is 0. The molecule has 3 rings (SSSR count). The molecule has 0 saturated heterocycles. The smallest absolute Gasteiger partial charge is 0.335 e. The highest BCUT2D eigenvalue weighted by Crippen LogP contribution is 2.33. The Bertz CT molecular complexity index is 922. The van der Waals surface area contributed by atoms with Gasteiger partial charge in [0.05, 0.1) is 33.5 Å². The van der Waals surface area contributed by atoms with Crippen LogP contribution in [-0.2, 0) is 16.0 Å². The number of para-hydroxylation sites is 1. The summed E-state index contributed by atoms with van der Waals surface area (Å²) in [6.45, 7) is 1.74. The Balaban J connectivity index is 1.74. The molecule has 0 amide bonds. The number of carbonyl (C=O) groups is 1. The van der Waals surface area contributed by atoms with Gasteiger partial charge in [0.15, 0.2) is 11.5 Å². The third-order valence-corrected chi connectivity index (χ3v) is 5.29. The van der Waals surface area contributed by atoms with E-state index in [9.17, 15) is 4.79 Å². The van der Waals surface area contributed by atoms with Gasteiger partial charge >= 0.3 is 5.97 Å². The van der Waals surface area contributed by atoms with Gasteiger partial charge in [0, 0.05) is 25.1 Å². The van der Waals surface area contributed by atoms with E-state index in [-0.39, 0.29) is 5.97 Å². The van der Waals surface area contributed by atoms with E-state index in [1.165, 1.54) is 0 Å². The summed E-state index contributed by atoms with van der Waals surface area (Å²) in [5.41, 5.74) is 3.67. The first-order valence-corrected chi connectivity index (χ1v) is 9.99. The van der Waals surface area contributed by atoms with Gasteiger partial charge in [-0.05, 0) is 42.8 Å². The molecule has 30 heavy (non-hydrogen) atoms. The summed E-state index contributed by atoms with van der Waals surface area (Å²) in [7, 11) is 6.87. The van der Waals surface area contributed by atoms with Crippen LogP contribution in [0.2, 0.25) is 0 Å². The summed E-state index contributed by atoms with van der Waals surface area (Å²) in [4.78, 5) is 15.1. The summed E-state index contributed by atoms with van der Waals surface area (Å²) in [5.74, 6) is 1.84. The van der Waals surface area contributed by atoms with Crippen molar-refractivity contribution in [1.82, 2.24) is 4.90 Å². The molecular weight excluding hydrogens is 382 g/mol. The lowest BCUT2D eigenvalue weighted by atomic mass is 9.93. The lowest BCUT2D eigenvalue weighted by molar-refractivity contribution is -0.139. The van der Waals surface area contributed by atoms with Gasteiger partial charge in [-0.25, -0.2) is 4.79 Å². The lowest BCUT2D eigenvalue weighted by Crippen LogP contribution is -2.31. The van der Waals surface area contributed by atoms with Gasteiger partial charge in [-0.1, -0.05) is 24.3 Å². The van der Waals surface area contributed by atoms with E-state index in [0.29, 0.717) is 36.6 Å². The number of nitrogens with zero attached hydrogens (tertiary/aromatic N) is 1. The maximum atomic E-state index is 12.9. The molecule has 0 fully saturated rings. The Kier molecular flexibility index (Phi) is 7.36. The Labute approximate surface area is 178 Å². The SMILES string of the molecule is COc1ccc(CCOC(=O)C2=C(c3ccccc3OC)CCN(C)C2)cc1OC. The number of methoxy groups -OCH3 is 3. The molecule has 0 aromatic heterocycles. The highest BCUT2D eigenvalue weighted by molar-refractivity contribution is 5.99. The van der Waals surface area contributed by atoms with Gasteiger partial charge in [-0.15, -0.1) is 0 Å². The standard InChI is InChI=1S/C24H29NO5/c1-25-13-11-18(19-7-5-6-8-21(19)27-2)20(16-25)24(26)30-14-12-17-9-10-22(28-3)23(15-17)29-4/h5-10,15H,11-14,16H2,1-4H3. The first-order chi connectivity index (χ1) is 14.6. The van der Waals surface area contributed by atoms with Crippen LogP contribution in [0.25, 0.3) is 5.57 Å². The normalized spacial score (nSPS) is 14.4. The van der Waals surface area contributed by atoms with Crippen molar-refractivity contribution in [1.29, 1.82) is 0 Å². The Morgan fingerprint density at radius 3 is 2.43 bits per heavy atom. The monoisotopic (exact) mass is 411 g/mol. The highest BCUT2D eigenvalue weighted by Gasteiger charge is 2.25. The van der Waals surface area contributed by atoms with E-state index in [1.807, 2.05) is 49.5 Å². The van der Waals surface area contributed by atoms with Crippen molar-refractivity contribution in [3.63, 3.8) is 0 Å². The van der Waals surface area contributed by atoms with E-state index >= 15 is 0 Å². The molecule has 1 heterocycles. The van der Waals surface area contributed by atoms with Crippen LogP contribution in [0.4, 0.5) is 0 Å². The van der Waals surface area contributed by atoms with Crippen molar-refractivity contribution in [2.45, 2.75) is 12.8 Å². The average molecular weight is 411 g/mol. The zero-order valence-corrected chi connectivity index (χ0v) is 18.1. The Morgan fingerprint density at radius 2 is 1.70 bits per heavy atom. The quantitative estimate of drug-likeness (QED) is 0.619. The van der Waals surface area contributed by atoms with Crippen LogP contribution in [0.5, 0.6) is 17.2 Å². The van der Waals surface area contributed by atoms with Crippen molar-refractivity contribution in [2.24, 2.45) is 0 Å². The Hall–Kier alpha value is -2.99. The topological polar surface area (TPSA) is 57.2 Å². The number of hydrogen-bond donors (Lipinski definition) is 0. The third kappa shape index (κ3) is 4.94. The number of hydrogen-bond acceptors (Lipinski definition) is 6. The molecule has 0 aliphatic carbocycles. The van der Waals surface area contributed by atoms with Gasteiger partial charge in [-0.3, -0.25) is 0 Å². The fourth-order valence-electron chi connectivity index (χ4n) is 3.66. The molecule has 0 atom stereocenters. The maximum Gasteiger partial charge on any atom is 0.335 e. The van der Waals surface area contributed by atoms with Crippen LogP contribution in [0, 0.1) is 0 Å². The second kappa shape index (κ2) is 10.2. The molecule has 0 unspecified atom stereocenters. The minimum absolute atomic E-state index is 0.275. The molecule has 1 aliphatic heterocycles. The van der Waals surface area contributed by atoms with Crippen molar-refractivity contribution >= 4 is 11.5 Å². The van der Waals surface area contributed by atoms with E-state index in [1.54, 1.807) is 21.3 Å².